The molecule has 1 aromatic rings. The maximum Gasteiger partial charge on any atom is 0.244 e. The lowest BCUT2D eigenvalue weighted by Gasteiger charge is -2.11. The molecule has 2 unspecified atom stereocenters. The van der Waals surface area contributed by atoms with Gasteiger partial charge in [-0.15, -0.1) is 0 Å². The van der Waals surface area contributed by atoms with Crippen LogP contribution in [0.2, 0.25) is 0 Å². The lowest BCUT2D eigenvalue weighted by Crippen LogP contribution is -2.28. The van der Waals surface area contributed by atoms with E-state index < -0.39 is 10.0 Å². The van der Waals surface area contributed by atoms with Crippen molar-refractivity contribution in [3.63, 3.8) is 0 Å². The van der Waals surface area contributed by atoms with Gasteiger partial charge in [0.05, 0.1) is 5.69 Å². The van der Waals surface area contributed by atoms with Gasteiger partial charge in [0.2, 0.25) is 10.0 Å². The lowest BCUT2D eigenvalue weighted by atomic mass is 10.3. The second-order valence-corrected chi connectivity index (χ2v) is 6.22. The van der Waals surface area contributed by atoms with Crippen molar-refractivity contribution in [2.45, 2.75) is 37.6 Å². The van der Waals surface area contributed by atoms with E-state index >= 15 is 0 Å². The second kappa shape index (κ2) is 5.24. The molecular weight excluding hydrogens is 250 g/mol. The molecule has 1 aliphatic carbocycles. The first-order chi connectivity index (χ1) is 8.58. The normalized spacial score (nSPS) is 22.8. The molecule has 0 aliphatic heterocycles. The first kappa shape index (κ1) is 13.3. The Kier molecular flexibility index (Phi) is 3.87. The van der Waals surface area contributed by atoms with Crippen LogP contribution in [0, 0.1) is 5.92 Å². The minimum absolute atomic E-state index is 0.0923. The average molecular weight is 269 g/mol. The van der Waals surface area contributed by atoms with E-state index in [9.17, 15) is 8.42 Å². The fourth-order valence-corrected chi connectivity index (χ4v) is 3.48. The van der Waals surface area contributed by atoms with E-state index in [0.717, 1.165) is 12.8 Å². The van der Waals surface area contributed by atoms with Crippen LogP contribution < -0.4 is 10.0 Å². The molecule has 0 aromatic carbocycles. The number of hydrogen-bond acceptors (Lipinski definition) is 4. The van der Waals surface area contributed by atoms with Crippen molar-refractivity contribution in [2.75, 3.05) is 11.9 Å². The smallest absolute Gasteiger partial charge is 0.244 e. The van der Waals surface area contributed by atoms with Gasteiger partial charge < -0.3 is 5.32 Å². The van der Waals surface area contributed by atoms with Gasteiger partial charge in [0.1, 0.15) is 4.90 Å². The van der Waals surface area contributed by atoms with Crippen LogP contribution in [0.15, 0.2) is 23.4 Å². The Balaban J connectivity index is 2.19. The first-order valence-electron chi connectivity index (χ1n) is 6.28. The summed E-state index contributed by atoms with van der Waals surface area (Å²) in [4.78, 5) is 4.13. The summed E-state index contributed by atoms with van der Waals surface area (Å²) in [5, 5.41) is 3.04. The number of pyridine rings is 1. The van der Waals surface area contributed by atoms with Crippen molar-refractivity contribution >= 4 is 15.7 Å². The van der Waals surface area contributed by atoms with Crippen LogP contribution in [0.1, 0.15) is 26.7 Å². The van der Waals surface area contributed by atoms with Gasteiger partial charge in [-0.3, -0.25) is 4.98 Å². The van der Waals surface area contributed by atoms with Crippen LogP contribution in [0.5, 0.6) is 0 Å². The highest BCUT2D eigenvalue weighted by molar-refractivity contribution is 7.89. The van der Waals surface area contributed by atoms with Crippen molar-refractivity contribution in [2.24, 2.45) is 5.92 Å². The van der Waals surface area contributed by atoms with Crippen LogP contribution in [-0.4, -0.2) is 26.0 Å². The van der Waals surface area contributed by atoms with Gasteiger partial charge in [-0.25, -0.2) is 13.1 Å². The van der Waals surface area contributed by atoms with E-state index in [0.29, 0.717) is 18.2 Å². The molecule has 0 radical (unpaired) electrons. The Hall–Kier alpha value is -1.14. The van der Waals surface area contributed by atoms with E-state index in [1.54, 1.807) is 12.3 Å². The number of aromatic nitrogens is 1. The number of rotatable bonds is 6. The summed E-state index contributed by atoms with van der Waals surface area (Å²) in [5.41, 5.74) is 0.605. The van der Waals surface area contributed by atoms with Crippen molar-refractivity contribution in [1.82, 2.24) is 9.71 Å². The highest BCUT2D eigenvalue weighted by Crippen LogP contribution is 2.34. The lowest BCUT2D eigenvalue weighted by molar-refractivity contribution is 0.576. The van der Waals surface area contributed by atoms with Gasteiger partial charge >= 0.3 is 0 Å². The number of hydrogen-bond donors (Lipinski definition) is 2. The summed E-state index contributed by atoms with van der Waals surface area (Å²) in [7, 11) is -3.47. The Labute approximate surface area is 108 Å². The summed E-state index contributed by atoms with van der Waals surface area (Å²) in [6.45, 7) is 4.68. The minimum Gasteiger partial charge on any atom is -0.384 e. The SMILES string of the molecule is CCNc1ccncc1S(=O)(=O)NC1CC1CC. The third-order valence-corrected chi connectivity index (χ3v) is 4.71. The number of nitrogens with zero attached hydrogens (tertiary/aromatic N) is 1. The van der Waals surface area contributed by atoms with Crippen molar-refractivity contribution < 1.29 is 8.42 Å². The molecule has 100 valence electrons. The molecular formula is C12H19N3O2S. The summed E-state index contributed by atoms with van der Waals surface area (Å²) in [6, 6.07) is 1.78. The molecule has 1 saturated carbocycles. The number of sulfonamides is 1. The van der Waals surface area contributed by atoms with Crippen LogP contribution in [-0.2, 0) is 10.0 Å². The van der Waals surface area contributed by atoms with Crippen LogP contribution >= 0.6 is 0 Å². The Bertz CT molecular complexity index is 516. The molecule has 1 aromatic heterocycles. The van der Waals surface area contributed by atoms with Gasteiger partial charge in [-0.05, 0) is 25.3 Å². The first-order valence-corrected chi connectivity index (χ1v) is 7.77. The van der Waals surface area contributed by atoms with Crippen LogP contribution in [0.25, 0.3) is 0 Å². The largest absolute Gasteiger partial charge is 0.384 e. The van der Waals surface area contributed by atoms with E-state index in [1.165, 1.54) is 6.20 Å². The molecule has 0 spiro atoms. The van der Waals surface area contributed by atoms with Crippen molar-refractivity contribution in [3.8, 4) is 0 Å². The van der Waals surface area contributed by atoms with Gasteiger partial charge in [0.15, 0.2) is 0 Å². The van der Waals surface area contributed by atoms with Crippen molar-refractivity contribution in [1.29, 1.82) is 0 Å². The molecule has 0 amide bonds. The second-order valence-electron chi connectivity index (χ2n) is 4.53. The summed E-state index contributed by atoms with van der Waals surface area (Å²) in [5.74, 6) is 0.485. The molecule has 1 fully saturated rings. The van der Waals surface area contributed by atoms with Crippen LogP contribution in [0.4, 0.5) is 5.69 Å². The number of anilines is 1. The van der Waals surface area contributed by atoms with E-state index in [4.69, 9.17) is 0 Å². The Morgan fingerprint density at radius 3 is 2.83 bits per heavy atom. The summed E-state index contributed by atoms with van der Waals surface area (Å²) in [6.07, 6.45) is 4.93. The van der Waals surface area contributed by atoms with E-state index in [2.05, 4.69) is 21.9 Å². The summed E-state index contributed by atoms with van der Waals surface area (Å²) >= 11 is 0. The Morgan fingerprint density at radius 1 is 1.44 bits per heavy atom. The molecule has 0 saturated heterocycles. The summed E-state index contributed by atoms with van der Waals surface area (Å²) < 4.78 is 27.2. The zero-order valence-electron chi connectivity index (χ0n) is 10.7. The zero-order valence-corrected chi connectivity index (χ0v) is 11.5. The molecule has 0 bridgehead atoms. The predicted octanol–water partition coefficient (Wildman–Crippen LogP) is 1.59. The quantitative estimate of drug-likeness (QED) is 0.822. The molecule has 2 atom stereocenters. The molecule has 5 nitrogen and oxygen atoms in total. The Morgan fingerprint density at radius 2 is 2.22 bits per heavy atom. The molecule has 18 heavy (non-hydrogen) atoms. The fourth-order valence-electron chi connectivity index (χ4n) is 2.04. The van der Waals surface area contributed by atoms with Gasteiger partial charge in [0, 0.05) is 25.0 Å². The van der Waals surface area contributed by atoms with Gasteiger partial charge in [0.25, 0.3) is 0 Å². The highest BCUT2D eigenvalue weighted by Gasteiger charge is 2.39. The topological polar surface area (TPSA) is 71.1 Å². The standard InChI is InChI=1S/C12H19N3O2S/c1-3-9-7-11(9)15-18(16,17)12-8-13-6-5-10(12)14-4-2/h5-6,8-9,11,15H,3-4,7H2,1-2H3,(H,13,14). The highest BCUT2D eigenvalue weighted by atomic mass is 32.2. The maximum absolute atomic E-state index is 12.2. The van der Waals surface area contributed by atoms with E-state index in [-0.39, 0.29) is 10.9 Å². The van der Waals surface area contributed by atoms with Gasteiger partial charge in [-0.1, -0.05) is 13.3 Å². The third-order valence-electron chi connectivity index (χ3n) is 3.19. The third kappa shape index (κ3) is 2.81. The van der Waals surface area contributed by atoms with E-state index in [1.807, 2.05) is 6.92 Å². The van der Waals surface area contributed by atoms with Crippen LogP contribution in [0.3, 0.4) is 0 Å². The molecule has 2 rings (SSSR count). The average Bonchev–Trinajstić information content (AvgIpc) is 3.07. The molecule has 1 aliphatic rings. The van der Waals surface area contributed by atoms with Gasteiger partial charge in [-0.2, -0.15) is 0 Å². The number of nitrogens with one attached hydrogen (secondary N) is 2. The zero-order chi connectivity index (χ0) is 13.2. The molecule has 6 heteroatoms. The molecule has 1 heterocycles. The fraction of sp³-hybridized carbons (Fsp3) is 0.583. The maximum atomic E-state index is 12.2. The molecule has 2 N–H and O–H groups in total. The minimum atomic E-state index is -3.47. The predicted molar refractivity (Wildman–Crippen MR) is 70.9 cm³/mol. The monoisotopic (exact) mass is 269 g/mol. The van der Waals surface area contributed by atoms with Crippen molar-refractivity contribution in [3.05, 3.63) is 18.5 Å².